The fraction of sp³-hybridized carbons (Fsp3) is 0.429. The number of hydrogen-bond donors (Lipinski definition) is 3. The Labute approximate surface area is 160 Å². The summed E-state index contributed by atoms with van der Waals surface area (Å²) in [5.74, 6) is 1.85. The van der Waals surface area contributed by atoms with Gasteiger partial charge in [0, 0.05) is 12.4 Å². The Balaban J connectivity index is 1.36. The van der Waals surface area contributed by atoms with Crippen LogP contribution < -0.4 is 5.32 Å². The number of benzene rings is 2. The van der Waals surface area contributed by atoms with Crippen LogP contribution in [0.15, 0.2) is 48.5 Å². The van der Waals surface area contributed by atoms with Crippen LogP contribution >= 0.6 is 11.8 Å². The number of aromatic hydroxyl groups is 2. The number of rotatable bonds is 13. The summed E-state index contributed by atoms with van der Waals surface area (Å²) in [6.45, 7) is 3.57. The van der Waals surface area contributed by atoms with E-state index in [1.807, 2.05) is 23.9 Å². The number of aryl methyl sites for hydroxylation is 1. The van der Waals surface area contributed by atoms with Crippen molar-refractivity contribution in [3.8, 4) is 11.5 Å². The third-order valence-corrected chi connectivity index (χ3v) is 4.97. The van der Waals surface area contributed by atoms with Gasteiger partial charge < -0.3 is 20.3 Å². The van der Waals surface area contributed by atoms with Crippen molar-refractivity contribution in [2.75, 3.05) is 37.8 Å². The van der Waals surface area contributed by atoms with E-state index in [0.29, 0.717) is 0 Å². The van der Waals surface area contributed by atoms with E-state index in [4.69, 9.17) is 4.74 Å². The van der Waals surface area contributed by atoms with Crippen molar-refractivity contribution in [3.63, 3.8) is 0 Å². The van der Waals surface area contributed by atoms with E-state index >= 15 is 0 Å². The molecule has 3 N–H and O–H groups in total. The van der Waals surface area contributed by atoms with Gasteiger partial charge in [-0.25, -0.2) is 0 Å². The van der Waals surface area contributed by atoms with Crippen LogP contribution in [-0.4, -0.2) is 48.0 Å². The number of phenols is 2. The van der Waals surface area contributed by atoms with Crippen molar-refractivity contribution in [2.45, 2.75) is 19.3 Å². The first-order valence-electron chi connectivity index (χ1n) is 9.16. The number of phenolic OH excluding ortho intramolecular Hbond substituents is 2. The van der Waals surface area contributed by atoms with E-state index in [2.05, 4.69) is 29.6 Å². The molecular weight excluding hydrogens is 346 g/mol. The van der Waals surface area contributed by atoms with Gasteiger partial charge in [0.1, 0.15) is 0 Å². The van der Waals surface area contributed by atoms with Gasteiger partial charge in [0.05, 0.1) is 6.61 Å². The minimum absolute atomic E-state index is 0.0480. The molecule has 0 aliphatic rings. The first-order valence-corrected chi connectivity index (χ1v) is 10.3. The highest BCUT2D eigenvalue weighted by Gasteiger charge is 2.00. The van der Waals surface area contributed by atoms with Crippen molar-refractivity contribution in [1.29, 1.82) is 0 Å². The van der Waals surface area contributed by atoms with Crippen LogP contribution in [0.1, 0.15) is 17.5 Å². The van der Waals surface area contributed by atoms with Crippen molar-refractivity contribution in [1.82, 2.24) is 5.32 Å². The molecular formula is C21H29NO3S. The second-order valence-electron chi connectivity index (χ2n) is 6.14. The highest BCUT2D eigenvalue weighted by atomic mass is 32.2. The van der Waals surface area contributed by atoms with Crippen LogP contribution in [0.2, 0.25) is 0 Å². The molecule has 0 aliphatic heterocycles. The molecule has 26 heavy (non-hydrogen) atoms. The summed E-state index contributed by atoms with van der Waals surface area (Å²) in [4.78, 5) is 0. The molecule has 2 rings (SSSR count). The van der Waals surface area contributed by atoms with E-state index in [1.54, 1.807) is 6.07 Å². The lowest BCUT2D eigenvalue weighted by Crippen LogP contribution is -2.20. The summed E-state index contributed by atoms with van der Waals surface area (Å²) in [5.41, 5.74) is 2.41. The van der Waals surface area contributed by atoms with E-state index in [-0.39, 0.29) is 11.5 Å². The average molecular weight is 376 g/mol. The molecule has 142 valence electrons. The molecule has 0 amide bonds. The number of thioether (sulfide) groups is 1. The first kappa shape index (κ1) is 20.6. The zero-order chi connectivity index (χ0) is 18.5. The van der Waals surface area contributed by atoms with E-state index in [9.17, 15) is 10.2 Å². The molecule has 0 aliphatic carbocycles. The zero-order valence-corrected chi connectivity index (χ0v) is 16.0. The van der Waals surface area contributed by atoms with Gasteiger partial charge in [0.15, 0.2) is 11.5 Å². The van der Waals surface area contributed by atoms with Crippen molar-refractivity contribution < 1.29 is 14.9 Å². The smallest absolute Gasteiger partial charge is 0.157 e. The second-order valence-corrected chi connectivity index (χ2v) is 7.36. The molecule has 2 aromatic rings. The normalized spacial score (nSPS) is 10.9. The molecule has 4 nitrogen and oxygen atoms in total. The zero-order valence-electron chi connectivity index (χ0n) is 15.2. The van der Waals surface area contributed by atoms with Gasteiger partial charge in [-0.2, -0.15) is 11.8 Å². The van der Waals surface area contributed by atoms with Crippen molar-refractivity contribution in [3.05, 3.63) is 59.7 Å². The molecule has 0 saturated heterocycles. The van der Waals surface area contributed by atoms with Crippen LogP contribution in [0.4, 0.5) is 0 Å². The summed E-state index contributed by atoms with van der Waals surface area (Å²) in [6, 6.07) is 15.5. The standard InChI is InChI=1S/C21H29NO3S/c23-20-8-7-19(17-21(20)24)10-15-26-16-14-25-13-4-11-22-12-9-18-5-2-1-3-6-18/h1-3,5-8,17,22-24H,4,9-16H2. The average Bonchev–Trinajstić information content (AvgIpc) is 2.66. The SMILES string of the molecule is Oc1ccc(CCSCCOCCCNCCc2ccccc2)cc1O. The highest BCUT2D eigenvalue weighted by Crippen LogP contribution is 2.25. The summed E-state index contributed by atoms with van der Waals surface area (Å²) >= 11 is 1.84. The largest absolute Gasteiger partial charge is 0.504 e. The van der Waals surface area contributed by atoms with Crippen LogP contribution in [-0.2, 0) is 17.6 Å². The van der Waals surface area contributed by atoms with Crippen LogP contribution in [0.3, 0.4) is 0 Å². The predicted octanol–water partition coefficient (Wildman–Crippen LogP) is 3.61. The van der Waals surface area contributed by atoms with Gasteiger partial charge in [-0.1, -0.05) is 36.4 Å². The molecule has 5 heteroatoms. The van der Waals surface area contributed by atoms with E-state index in [0.717, 1.165) is 62.6 Å². The molecule has 0 heterocycles. The maximum absolute atomic E-state index is 9.45. The summed E-state index contributed by atoms with van der Waals surface area (Å²) in [6.07, 6.45) is 2.98. The molecule has 0 unspecified atom stereocenters. The van der Waals surface area contributed by atoms with Crippen LogP contribution in [0.25, 0.3) is 0 Å². The lowest BCUT2D eigenvalue weighted by Gasteiger charge is -2.07. The third-order valence-electron chi connectivity index (χ3n) is 4.02. The number of nitrogens with one attached hydrogen (secondary N) is 1. The van der Waals surface area contributed by atoms with Gasteiger partial charge in [0.25, 0.3) is 0 Å². The second kappa shape index (κ2) is 12.6. The van der Waals surface area contributed by atoms with Crippen molar-refractivity contribution >= 4 is 11.8 Å². The third kappa shape index (κ3) is 8.61. The van der Waals surface area contributed by atoms with E-state index < -0.39 is 0 Å². The molecule has 0 radical (unpaired) electrons. The lowest BCUT2D eigenvalue weighted by molar-refractivity contribution is 0.147. The summed E-state index contributed by atoms with van der Waals surface area (Å²) in [5, 5.41) is 22.2. The van der Waals surface area contributed by atoms with Crippen molar-refractivity contribution in [2.24, 2.45) is 0 Å². The molecule has 0 saturated carbocycles. The Morgan fingerprint density at radius 3 is 2.46 bits per heavy atom. The van der Waals surface area contributed by atoms with Gasteiger partial charge in [0.2, 0.25) is 0 Å². The Bertz CT molecular complexity index is 622. The Morgan fingerprint density at radius 2 is 1.65 bits per heavy atom. The summed E-state index contributed by atoms with van der Waals surface area (Å²) in [7, 11) is 0. The molecule has 0 bridgehead atoms. The van der Waals surface area contributed by atoms with Gasteiger partial charge in [-0.3, -0.25) is 0 Å². The fourth-order valence-electron chi connectivity index (χ4n) is 2.54. The Kier molecular flexibility index (Phi) is 10.0. The molecule has 0 atom stereocenters. The van der Waals surface area contributed by atoms with Crippen LogP contribution in [0.5, 0.6) is 11.5 Å². The highest BCUT2D eigenvalue weighted by molar-refractivity contribution is 7.99. The monoisotopic (exact) mass is 375 g/mol. The minimum Gasteiger partial charge on any atom is -0.504 e. The first-order chi connectivity index (χ1) is 12.8. The maximum Gasteiger partial charge on any atom is 0.157 e. The number of hydrogen-bond acceptors (Lipinski definition) is 5. The van der Waals surface area contributed by atoms with E-state index in [1.165, 1.54) is 11.6 Å². The Hall–Kier alpha value is -1.69. The predicted molar refractivity (Wildman–Crippen MR) is 109 cm³/mol. The molecule has 0 aromatic heterocycles. The fourth-order valence-corrected chi connectivity index (χ4v) is 3.36. The van der Waals surface area contributed by atoms with Gasteiger partial charge in [-0.15, -0.1) is 0 Å². The summed E-state index contributed by atoms with van der Waals surface area (Å²) < 4.78 is 5.65. The molecule has 2 aromatic carbocycles. The quantitative estimate of drug-likeness (QED) is 0.369. The topological polar surface area (TPSA) is 61.7 Å². The Morgan fingerprint density at radius 1 is 0.808 bits per heavy atom. The number of ether oxygens (including phenoxy) is 1. The van der Waals surface area contributed by atoms with Gasteiger partial charge >= 0.3 is 0 Å². The molecule has 0 spiro atoms. The molecule has 0 fully saturated rings. The maximum atomic E-state index is 9.45. The minimum atomic E-state index is -0.0654. The lowest BCUT2D eigenvalue weighted by atomic mass is 10.1. The van der Waals surface area contributed by atoms with Crippen LogP contribution in [0, 0.1) is 0 Å². The van der Waals surface area contributed by atoms with Gasteiger partial charge in [-0.05, 0) is 61.4 Å².